The van der Waals surface area contributed by atoms with Crippen LogP contribution in [0.3, 0.4) is 0 Å². The summed E-state index contributed by atoms with van der Waals surface area (Å²) in [6, 6.07) is 18.6. The minimum atomic E-state index is -4.42. The van der Waals surface area contributed by atoms with E-state index in [1.807, 2.05) is 30.3 Å². The number of benzene rings is 2. The number of hydrogen-bond donors (Lipinski definition) is 0. The Kier molecular flexibility index (Phi) is 5.98. The van der Waals surface area contributed by atoms with Crippen molar-refractivity contribution < 1.29 is 22.7 Å². The molecule has 0 N–H and O–H groups in total. The van der Waals surface area contributed by atoms with Crippen molar-refractivity contribution in [3.8, 4) is 17.0 Å². The highest BCUT2D eigenvalue weighted by Gasteiger charge is 2.31. The largest absolute Gasteiger partial charge is 0.484 e. The van der Waals surface area contributed by atoms with Gasteiger partial charge in [-0.15, -0.1) is 0 Å². The van der Waals surface area contributed by atoms with Gasteiger partial charge in [-0.1, -0.05) is 30.3 Å². The van der Waals surface area contributed by atoms with E-state index >= 15 is 0 Å². The standard InChI is InChI=1S/C23H20F3N3O3/c24-23(25,26)15-32-19-8-6-17(7-9-19)20-10-11-21(30)29(27-20)14-22(31)28-12-18(13-28)16-4-2-1-3-5-16/h1-11,18H,12-15H2. The van der Waals surface area contributed by atoms with Crippen LogP contribution < -0.4 is 10.3 Å². The minimum absolute atomic E-state index is 0.0697. The van der Waals surface area contributed by atoms with Gasteiger partial charge in [0.25, 0.3) is 5.56 Å². The van der Waals surface area contributed by atoms with Crippen LogP contribution >= 0.6 is 0 Å². The maximum absolute atomic E-state index is 12.6. The highest BCUT2D eigenvalue weighted by Crippen LogP contribution is 2.27. The van der Waals surface area contributed by atoms with E-state index in [4.69, 9.17) is 4.74 Å². The fourth-order valence-electron chi connectivity index (χ4n) is 3.45. The van der Waals surface area contributed by atoms with Crippen molar-refractivity contribution in [2.24, 2.45) is 0 Å². The van der Waals surface area contributed by atoms with E-state index in [0.717, 1.165) is 4.68 Å². The smallest absolute Gasteiger partial charge is 0.422 e. The normalized spacial score (nSPS) is 14.2. The molecule has 1 aliphatic rings. The summed E-state index contributed by atoms with van der Waals surface area (Å²) in [5, 5.41) is 4.25. The molecule has 166 valence electrons. The molecule has 32 heavy (non-hydrogen) atoms. The second kappa shape index (κ2) is 8.86. The van der Waals surface area contributed by atoms with Gasteiger partial charge in [0.05, 0.1) is 5.69 Å². The fraction of sp³-hybridized carbons (Fsp3) is 0.261. The van der Waals surface area contributed by atoms with Crippen LogP contribution in [0.4, 0.5) is 13.2 Å². The summed E-state index contributed by atoms with van der Waals surface area (Å²) in [7, 11) is 0. The van der Waals surface area contributed by atoms with E-state index in [2.05, 4.69) is 5.10 Å². The van der Waals surface area contributed by atoms with Crippen molar-refractivity contribution in [1.82, 2.24) is 14.7 Å². The van der Waals surface area contributed by atoms with Gasteiger partial charge in [-0.2, -0.15) is 18.3 Å². The fourth-order valence-corrected chi connectivity index (χ4v) is 3.45. The predicted molar refractivity (Wildman–Crippen MR) is 111 cm³/mol. The van der Waals surface area contributed by atoms with Gasteiger partial charge >= 0.3 is 6.18 Å². The van der Waals surface area contributed by atoms with Gasteiger partial charge < -0.3 is 9.64 Å². The first-order valence-corrected chi connectivity index (χ1v) is 9.99. The Morgan fingerprint density at radius 3 is 2.34 bits per heavy atom. The molecule has 6 nitrogen and oxygen atoms in total. The van der Waals surface area contributed by atoms with Crippen molar-refractivity contribution >= 4 is 5.91 Å². The van der Waals surface area contributed by atoms with Crippen molar-refractivity contribution in [1.29, 1.82) is 0 Å². The van der Waals surface area contributed by atoms with Gasteiger partial charge in [-0.3, -0.25) is 9.59 Å². The molecule has 0 aliphatic carbocycles. The summed E-state index contributed by atoms with van der Waals surface area (Å²) in [6.07, 6.45) is -4.42. The number of aromatic nitrogens is 2. The van der Waals surface area contributed by atoms with Crippen LogP contribution in [0.2, 0.25) is 0 Å². The molecule has 1 aliphatic heterocycles. The Balaban J connectivity index is 1.40. The molecule has 0 atom stereocenters. The number of carbonyl (C=O) groups is 1. The second-order valence-electron chi connectivity index (χ2n) is 7.55. The molecule has 4 rings (SSSR count). The van der Waals surface area contributed by atoms with Crippen LogP contribution in [0.5, 0.6) is 5.75 Å². The molecule has 3 aromatic rings. The first-order valence-electron chi connectivity index (χ1n) is 9.99. The zero-order valence-corrected chi connectivity index (χ0v) is 17.0. The van der Waals surface area contributed by atoms with Crippen molar-refractivity contribution in [3.63, 3.8) is 0 Å². The molecule has 0 unspecified atom stereocenters. The van der Waals surface area contributed by atoms with Crippen molar-refractivity contribution in [2.45, 2.75) is 18.6 Å². The lowest BCUT2D eigenvalue weighted by Gasteiger charge is -2.39. The zero-order valence-electron chi connectivity index (χ0n) is 17.0. The number of likely N-dealkylation sites (tertiary alicyclic amines) is 1. The monoisotopic (exact) mass is 443 g/mol. The van der Waals surface area contributed by atoms with E-state index in [-0.39, 0.29) is 24.1 Å². The highest BCUT2D eigenvalue weighted by molar-refractivity contribution is 5.77. The van der Waals surface area contributed by atoms with Gasteiger partial charge in [0, 0.05) is 30.6 Å². The van der Waals surface area contributed by atoms with Gasteiger partial charge in [-0.05, 0) is 35.9 Å². The molecule has 1 amide bonds. The molecule has 0 radical (unpaired) electrons. The average Bonchev–Trinajstić information content (AvgIpc) is 2.73. The number of rotatable bonds is 6. The first kappa shape index (κ1) is 21.6. The van der Waals surface area contributed by atoms with Gasteiger partial charge in [-0.25, -0.2) is 4.68 Å². The van der Waals surface area contributed by atoms with E-state index in [9.17, 15) is 22.8 Å². The van der Waals surface area contributed by atoms with Crippen molar-refractivity contribution in [3.05, 3.63) is 82.6 Å². The summed E-state index contributed by atoms with van der Waals surface area (Å²) in [5.74, 6) is 0.161. The number of nitrogens with zero attached hydrogens (tertiary/aromatic N) is 3. The van der Waals surface area contributed by atoms with Gasteiger partial charge in [0.2, 0.25) is 5.91 Å². The number of ether oxygens (including phenoxy) is 1. The number of carbonyl (C=O) groups excluding carboxylic acids is 1. The maximum Gasteiger partial charge on any atom is 0.422 e. The summed E-state index contributed by atoms with van der Waals surface area (Å²) >= 11 is 0. The van der Waals surface area contributed by atoms with Crippen LogP contribution in [0.1, 0.15) is 11.5 Å². The Hall–Kier alpha value is -3.62. The molecular formula is C23H20F3N3O3. The molecule has 0 spiro atoms. The predicted octanol–water partition coefficient (Wildman–Crippen LogP) is 3.48. The Labute approximate surface area is 181 Å². The van der Waals surface area contributed by atoms with E-state index in [1.165, 1.54) is 29.8 Å². The quantitative estimate of drug-likeness (QED) is 0.585. The van der Waals surface area contributed by atoms with E-state index < -0.39 is 18.3 Å². The van der Waals surface area contributed by atoms with Crippen LogP contribution in [-0.2, 0) is 11.3 Å². The van der Waals surface area contributed by atoms with Crippen LogP contribution in [0.25, 0.3) is 11.3 Å². The molecule has 1 aromatic heterocycles. The molecule has 0 bridgehead atoms. The molecule has 1 saturated heterocycles. The highest BCUT2D eigenvalue weighted by atomic mass is 19.4. The van der Waals surface area contributed by atoms with Crippen molar-refractivity contribution in [2.75, 3.05) is 19.7 Å². The van der Waals surface area contributed by atoms with Gasteiger partial charge in [0.1, 0.15) is 12.3 Å². The van der Waals surface area contributed by atoms with Crippen LogP contribution in [-0.4, -0.2) is 46.5 Å². The van der Waals surface area contributed by atoms with Crippen LogP contribution in [0.15, 0.2) is 71.5 Å². The summed E-state index contributed by atoms with van der Waals surface area (Å²) in [6.45, 7) is -0.368. The number of hydrogen-bond acceptors (Lipinski definition) is 4. The first-order chi connectivity index (χ1) is 15.3. The van der Waals surface area contributed by atoms with E-state index in [1.54, 1.807) is 17.0 Å². The van der Waals surface area contributed by atoms with E-state index in [0.29, 0.717) is 24.3 Å². The number of alkyl halides is 3. The average molecular weight is 443 g/mol. The lowest BCUT2D eigenvalue weighted by molar-refractivity contribution is -0.153. The molecule has 2 aromatic carbocycles. The second-order valence-corrected chi connectivity index (χ2v) is 7.55. The summed E-state index contributed by atoms with van der Waals surface area (Å²) < 4.78 is 42.6. The van der Waals surface area contributed by atoms with Gasteiger partial charge in [0.15, 0.2) is 6.61 Å². The Morgan fingerprint density at radius 1 is 1.00 bits per heavy atom. The number of halogens is 3. The molecule has 0 saturated carbocycles. The zero-order chi connectivity index (χ0) is 22.7. The SMILES string of the molecule is O=C(Cn1nc(-c2ccc(OCC(F)(F)F)cc2)ccc1=O)N1CC(c2ccccc2)C1. The third-order valence-electron chi connectivity index (χ3n) is 5.21. The molecule has 2 heterocycles. The molecule has 1 fully saturated rings. The Bertz CT molecular complexity index is 1140. The third-order valence-corrected chi connectivity index (χ3v) is 5.21. The lowest BCUT2D eigenvalue weighted by atomic mass is 9.91. The number of amides is 1. The summed E-state index contributed by atoms with van der Waals surface area (Å²) in [4.78, 5) is 26.5. The third kappa shape index (κ3) is 5.16. The lowest BCUT2D eigenvalue weighted by Crippen LogP contribution is -2.50. The minimum Gasteiger partial charge on any atom is -0.484 e. The Morgan fingerprint density at radius 2 is 1.69 bits per heavy atom. The molecular weight excluding hydrogens is 423 g/mol. The molecule has 9 heteroatoms. The van der Waals surface area contributed by atoms with Crippen LogP contribution in [0, 0.1) is 0 Å². The summed E-state index contributed by atoms with van der Waals surface area (Å²) in [5.41, 5.74) is 1.77. The topological polar surface area (TPSA) is 64.4 Å². The maximum atomic E-state index is 12.6.